The fraction of sp³-hybridized carbons (Fsp3) is 0.833. The van der Waals surface area contributed by atoms with Gasteiger partial charge in [0.25, 0.3) is 0 Å². The van der Waals surface area contributed by atoms with Crippen molar-refractivity contribution >= 4 is 35.8 Å². The number of halogens is 1. The van der Waals surface area contributed by atoms with Crippen LogP contribution < -0.4 is 16.0 Å². The molecule has 108 valence electrons. The molecular formula is C12H27IN4O. The second kappa shape index (κ2) is 12.9. The van der Waals surface area contributed by atoms with Crippen molar-refractivity contribution in [3.63, 3.8) is 0 Å². The Labute approximate surface area is 128 Å². The molecule has 6 heteroatoms. The molecule has 0 fully saturated rings. The van der Waals surface area contributed by atoms with Gasteiger partial charge in [-0.3, -0.25) is 9.79 Å². The summed E-state index contributed by atoms with van der Waals surface area (Å²) in [6.07, 6.45) is 1.39. The number of hydrogen-bond donors (Lipinski definition) is 3. The molecule has 0 aliphatic heterocycles. The summed E-state index contributed by atoms with van der Waals surface area (Å²) in [5, 5.41) is 9.15. The van der Waals surface area contributed by atoms with E-state index in [1.807, 2.05) is 20.8 Å². The van der Waals surface area contributed by atoms with E-state index in [1.54, 1.807) is 0 Å². The molecule has 1 unspecified atom stereocenters. The third kappa shape index (κ3) is 10.6. The lowest BCUT2D eigenvalue weighted by Gasteiger charge is -2.11. The van der Waals surface area contributed by atoms with Gasteiger partial charge in [0.15, 0.2) is 5.96 Å². The summed E-state index contributed by atoms with van der Waals surface area (Å²) in [4.78, 5) is 15.8. The van der Waals surface area contributed by atoms with Crippen LogP contribution in [0.4, 0.5) is 0 Å². The van der Waals surface area contributed by atoms with Crippen molar-refractivity contribution in [2.75, 3.05) is 19.6 Å². The second-order valence-corrected chi connectivity index (χ2v) is 3.92. The van der Waals surface area contributed by atoms with Crippen LogP contribution in [0.15, 0.2) is 4.99 Å². The first kappa shape index (κ1) is 19.8. The smallest absolute Gasteiger partial charge is 0.222 e. The van der Waals surface area contributed by atoms with Gasteiger partial charge < -0.3 is 16.0 Å². The molecule has 18 heavy (non-hydrogen) atoms. The topological polar surface area (TPSA) is 65.5 Å². The van der Waals surface area contributed by atoms with Gasteiger partial charge in [-0.15, -0.1) is 24.0 Å². The van der Waals surface area contributed by atoms with Crippen LogP contribution in [0.25, 0.3) is 0 Å². The predicted octanol–water partition coefficient (Wildman–Crippen LogP) is 1.48. The lowest BCUT2D eigenvalue weighted by Crippen LogP contribution is -2.37. The molecule has 1 atom stereocenters. The van der Waals surface area contributed by atoms with Gasteiger partial charge in [0.2, 0.25) is 5.91 Å². The van der Waals surface area contributed by atoms with Crippen molar-refractivity contribution < 1.29 is 4.79 Å². The van der Waals surface area contributed by atoms with E-state index in [1.165, 1.54) is 0 Å². The van der Waals surface area contributed by atoms with Gasteiger partial charge in [0.05, 0.1) is 6.54 Å². The number of amides is 1. The highest BCUT2D eigenvalue weighted by Crippen LogP contribution is 1.90. The normalized spacial score (nSPS) is 10.9. The van der Waals surface area contributed by atoms with Crippen LogP contribution in [0.5, 0.6) is 0 Å². The summed E-state index contributed by atoms with van der Waals surface area (Å²) in [6, 6.07) is 0.244. The minimum Gasteiger partial charge on any atom is -0.357 e. The molecule has 0 saturated heterocycles. The molecule has 0 aromatic heterocycles. The highest BCUT2D eigenvalue weighted by molar-refractivity contribution is 14.0. The van der Waals surface area contributed by atoms with Crippen LogP contribution in [0.2, 0.25) is 0 Å². The van der Waals surface area contributed by atoms with E-state index < -0.39 is 0 Å². The molecule has 5 nitrogen and oxygen atoms in total. The molecule has 0 spiro atoms. The Balaban J connectivity index is 0. The molecule has 0 aliphatic carbocycles. The van der Waals surface area contributed by atoms with Gasteiger partial charge in [-0.05, 0) is 27.2 Å². The highest BCUT2D eigenvalue weighted by atomic mass is 127. The quantitative estimate of drug-likeness (QED) is 0.361. The zero-order valence-corrected chi connectivity index (χ0v) is 14.2. The van der Waals surface area contributed by atoms with E-state index in [0.29, 0.717) is 13.0 Å². The number of rotatable bonds is 7. The average molecular weight is 370 g/mol. The maximum absolute atomic E-state index is 11.5. The number of nitrogens with zero attached hydrogens (tertiary/aromatic N) is 1. The Morgan fingerprint density at radius 2 is 1.72 bits per heavy atom. The lowest BCUT2D eigenvalue weighted by atomic mass is 10.2. The summed E-state index contributed by atoms with van der Waals surface area (Å²) in [5.41, 5.74) is 0. The van der Waals surface area contributed by atoms with Crippen LogP contribution >= 0.6 is 24.0 Å². The summed E-state index contributed by atoms with van der Waals surface area (Å²) < 4.78 is 0. The zero-order valence-electron chi connectivity index (χ0n) is 11.9. The standard InChI is InChI=1S/C12H26N4O.HI/c1-5-10(4)16-11(17)8-9-15-12(13-6-2)14-7-3;/h10H,5-9H2,1-4H3,(H,16,17)(H2,13,14,15);1H. The Morgan fingerprint density at radius 1 is 1.17 bits per heavy atom. The third-order valence-electron chi connectivity index (χ3n) is 2.32. The molecule has 0 heterocycles. The first-order chi connectivity index (χ1) is 8.13. The van der Waals surface area contributed by atoms with Crippen LogP contribution in [0, 0.1) is 0 Å². The molecule has 0 bridgehead atoms. The Morgan fingerprint density at radius 3 is 2.17 bits per heavy atom. The van der Waals surface area contributed by atoms with Crippen molar-refractivity contribution in [2.24, 2.45) is 4.99 Å². The minimum absolute atomic E-state index is 0. The number of guanidine groups is 1. The van der Waals surface area contributed by atoms with Gasteiger partial charge in [0.1, 0.15) is 0 Å². The lowest BCUT2D eigenvalue weighted by molar-refractivity contribution is -0.121. The van der Waals surface area contributed by atoms with Gasteiger partial charge in [-0.2, -0.15) is 0 Å². The van der Waals surface area contributed by atoms with Crippen LogP contribution in [-0.2, 0) is 4.79 Å². The summed E-state index contributed by atoms with van der Waals surface area (Å²) in [6.45, 7) is 10.2. The summed E-state index contributed by atoms with van der Waals surface area (Å²) in [5.74, 6) is 0.835. The zero-order chi connectivity index (χ0) is 13.1. The van der Waals surface area contributed by atoms with Crippen molar-refractivity contribution in [1.29, 1.82) is 0 Å². The Hall–Kier alpha value is -0.530. The van der Waals surface area contributed by atoms with Crippen LogP contribution in [-0.4, -0.2) is 37.5 Å². The second-order valence-electron chi connectivity index (χ2n) is 3.92. The van der Waals surface area contributed by atoms with Gasteiger partial charge >= 0.3 is 0 Å². The summed E-state index contributed by atoms with van der Waals surface area (Å²) in [7, 11) is 0. The third-order valence-corrected chi connectivity index (χ3v) is 2.32. The van der Waals surface area contributed by atoms with E-state index in [2.05, 4.69) is 27.9 Å². The van der Waals surface area contributed by atoms with Gasteiger partial charge in [0, 0.05) is 25.6 Å². The Kier molecular flexibility index (Phi) is 14.2. The number of aliphatic imine (C=N–C) groups is 1. The fourth-order valence-electron chi connectivity index (χ4n) is 1.23. The van der Waals surface area contributed by atoms with Crippen LogP contribution in [0.3, 0.4) is 0 Å². The van der Waals surface area contributed by atoms with E-state index in [-0.39, 0.29) is 35.9 Å². The van der Waals surface area contributed by atoms with Crippen LogP contribution in [0.1, 0.15) is 40.5 Å². The molecule has 0 radical (unpaired) electrons. The molecule has 0 rings (SSSR count). The number of hydrogen-bond acceptors (Lipinski definition) is 2. The molecule has 0 aliphatic rings. The molecule has 0 aromatic rings. The molecule has 3 N–H and O–H groups in total. The first-order valence-electron chi connectivity index (χ1n) is 6.45. The van der Waals surface area contributed by atoms with E-state index >= 15 is 0 Å². The minimum atomic E-state index is 0. The molecular weight excluding hydrogens is 343 g/mol. The summed E-state index contributed by atoms with van der Waals surface area (Å²) >= 11 is 0. The molecule has 1 amide bonds. The Bertz CT molecular complexity index is 238. The van der Waals surface area contributed by atoms with E-state index in [4.69, 9.17) is 0 Å². The monoisotopic (exact) mass is 370 g/mol. The van der Waals surface area contributed by atoms with E-state index in [9.17, 15) is 4.79 Å². The molecule has 0 aromatic carbocycles. The number of carbonyl (C=O) groups is 1. The largest absolute Gasteiger partial charge is 0.357 e. The highest BCUT2D eigenvalue weighted by Gasteiger charge is 2.04. The first-order valence-corrected chi connectivity index (χ1v) is 6.45. The van der Waals surface area contributed by atoms with Crippen molar-refractivity contribution in [1.82, 2.24) is 16.0 Å². The van der Waals surface area contributed by atoms with Crippen molar-refractivity contribution in [2.45, 2.75) is 46.6 Å². The molecule has 0 saturated carbocycles. The van der Waals surface area contributed by atoms with Gasteiger partial charge in [-0.1, -0.05) is 6.92 Å². The van der Waals surface area contributed by atoms with Crippen molar-refractivity contribution in [3.05, 3.63) is 0 Å². The van der Waals surface area contributed by atoms with Crippen molar-refractivity contribution in [3.8, 4) is 0 Å². The SMILES string of the molecule is CCNC(=NCCC(=O)NC(C)CC)NCC.I. The fourth-order valence-corrected chi connectivity index (χ4v) is 1.23. The number of carbonyl (C=O) groups excluding carboxylic acids is 1. The maximum Gasteiger partial charge on any atom is 0.222 e. The predicted molar refractivity (Wildman–Crippen MR) is 87.6 cm³/mol. The average Bonchev–Trinajstić information content (AvgIpc) is 2.29. The van der Waals surface area contributed by atoms with E-state index in [0.717, 1.165) is 25.5 Å². The number of nitrogens with one attached hydrogen (secondary N) is 3. The van der Waals surface area contributed by atoms with Gasteiger partial charge in [-0.25, -0.2) is 0 Å². The maximum atomic E-state index is 11.5.